The van der Waals surface area contributed by atoms with Crippen LogP contribution >= 0.6 is 0 Å². The van der Waals surface area contributed by atoms with Crippen LogP contribution in [0.1, 0.15) is 22.3 Å². The number of rotatable bonds is 3. The van der Waals surface area contributed by atoms with E-state index < -0.39 is 15.1 Å². The maximum atomic E-state index is 12.7. The van der Waals surface area contributed by atoms with Crippen LogP contribution in [0.15, 0.2) is 59.5 Å². The second kappa shape index (κ2) is 6.46. The summed E-state index contributed by atoms with van der Waals surface area (Å²) in [6.07, 6.45) is 0.418. The first-order valence-electron chi connectivity index (χ1n) is 7.61. The van der Waals surface area contributed by atoms with Crippen molar-refractivity contribution in [1.82, 2.24) is 4.90 Å². The van der Waals surface area contributed by atoms with Gasteiger partial charge in [0.2, 0.25) is 0 Å². The quantitative estimate of drug-likeness (QED) is 0.858. The molecule has 0 N–H and O–H groups in total. The number of carbonyl (C=O) groups is 1. The molecule has 0 radical (unpaired) electrons. The number of carbonyl (C=O) groups excluding carboxylic acids is 1. The van der Waals surface area contributed by atoms with E-state index in [0.717, 1.165) is 0 Å². The second-order valence-electron chi connectivity index (χ2n) is 5.71. The summed E-state index contributed by atoms with van der Waals surface area (Å²) < 4.78 is 25.3. The first-order chi connectivity index (χ1) is 11.5. The Balaban J connectivity index is 1.78. The molecule has 0 aliphatic carbocycles. The van der Waals surface area contributed by atoms with Gasteiger partial charge in [-0.05, 0) is 36.8 Å². The molecule has 2 aromatic carbocycles. The van der Waals surface area contributed by atoms with Crippen LogP contribution in [0, 0.1) is 11.3 Å². The topological polar surface area (TPSA) is 78.2 Å². The van der Waals surface area contributed by atoms with Gasteiger partial charge < -0.3 is 4.90 Å². The standard InChI is InChI=1S/C18H16N2O3S/c19-12-14-5-4-6-15(11-14)18(21)20-10-9-17(13-20)24(22,23)16-7-2-1-3-8-16/h1-8,11,17H,9-10,13H2. The zero-order valence-electron chi connectivity index (χ0n) is 12.9. The van der Waals surface area contributed by atoms with E-state index in [1.165, 1.54) is 6.07 Å². The Hall–Kier alpha value is -2.65. The largest absolute Gasteiger partial charge is 0.337 e. The molecule has 0 bridgehead atoms. The molecule has 1 heterocycles. The Kier molecular flexibility index (Phi) is 4.36. The number of hydrogen-bond acceptors (Lipinski definition) is 4. The van der Waals surface area contributed by atoms with Gasteiger partial charge in [0, 0.05) is 18.7 Å². The number of nitrogens with zero attached hydrogens (tertiary/aromatic N) is 2. The molecule has 0 saturated carbocycles. The lowest BCUT2D eigenvalue weighted by Crippen LogP contribution is -2.32. The fourth-order valence-corrected chi connectivity index (χ4v) is 4.59. The van der Waals surface area contributed by atoms with Crippen molar-refractivity contribution >= 4 is 15.7 Å². The van der Waals surface area contributed by atoms with Crippen LogP contribution in [0.3, 0.4) is 0 Å². The van der Waals surface area contributed by atoms with Crippen molar-refractivity contribution in [1.29, 1.82) is 5.26 Å². The summed E-state index contributed by atoms with van der Waals surface area (Å²) >= 11 is 0. The van der Waals surface area contributed by atoms with Gasteiger partial charge in [-0.3, -0.25) is 4.79 Å². The summed E-state index contributed by atoms with van der Waals surface area (Å²) in [7, 11) is -3.45. The third-order valence-corrected chi connectivity index (χ3v) is 6.37. The van der Waals surface area contributed by atoms with Crippen molar-refractivity contribution in [2.24, 2.45) is 0 Å². The average Bonchev–Trinajstić information content (AvgIpc) is 3.13. The number of likely N-dealkylation sites (tertiary alicyclic amines) is 1. The van der Waals surface area contributed by atoms with Gasteiger partial charge in [0.15, 0.2) is 9.84 Å². The van der Waals surface area contributed by atoms with Crippen molar-refractivity contribution in [3.05, 3.63) is 65.7 Å². The van der Waals surface area contributed by atoms with E-state index in [1.807, 2.05) is 6.07 Å². The molecule has 1 saturated heterocycles. The Morgan fingerprint density at radius 2 is 1.88 bits per heavy atom. The SMILES string of the molecule is N#Cc1cccc(C(=O)N2CCC(S(=O)(=O)c3ccccc3)C2)c1. The van der Waals surface area contributed by atoms with Crippen LogP contribution in [-0.2, 0) is 9.84 Å². The molecule has 3 rings (SSSR count). The lowest BCUT2D eigenvalue weighted by molar-refractivity contribution is 0.0793. The lowest BCUT2D eigenvalue weighted by Gasteiger charge is -2.17. The van der Waals surface area contributed by atoms with Gasteiger partial charge in [-0.25, -0.2) is 8.42 Å². The van der Waals surface area contributed by atoms with Gasteiger partial charge >= 0.3 is 0 Å². The molecule has 1 atom stereocenters. The minimum atomic E-state index is -3.45. The number of amides is 1. The maximum Gasteiger partial charge on any atom is 0.253 e. The zero-order valence-corrected chi connectivity index (χ0v) is 13.7. The van der Waals surface area contributed by atoms with Crippen molar-refractivity contribution in [3.8, 4) is 6.07 Å². The van der Waals surface area contributed by atoms with Gasteiger partial charge in [-0.1, -0.05) is 24.3 Å². The van der Waals surface area contributed by atoms with Crippen LogP contribution in [0.5, 0.6) is 0 Å². The van der Waals surface area contributed by atoms with Gasteiger partial charge in [0.25, 0.3) is 5.91 Å². The van der Waals surface area contributed by atoms with Crippen LogP contribution in [-0.4, -0.2) is 37.6 Å². The molecule has 0 aromatic heterocycles. The monoisotopic (exact) mass is 340 g/mol. The molecule has 24 heavy (non-hydrogen) atoms. The molecule has 1 aliphatic rings. The van der Waals surface area contributed by atoms with Crippen LogP contribution in [0.25, 0.3) is 0 Å². The zero-order chi connectivity index (χ0) is 17.2. The minimum Gasteiger partial charge on any atom is -0.337 e. The molecular weight excluding hydrogens is 324 g/mol. The number of benzene rings is 2. The molecule has 122 valence electrons. The fraction of sp³-hybridized carbons (Fsp3) is 0.222. The van der Waals surface area contributed by atoms with Gasteiger partial charge in [0.1, 0.15) is 0 Å². The maximum absolute atomic E-state index is 12.7. The average molecular weight is 340 g/mol. The van der Waals surface area contributed by atoms with E-state index in [9.17, 15) is 13.2 Å². The lowest BCUT2D eigenvalue weighted by atomic mass is 10.1. The fourth-order valence-electron chi connectivity index (χ4n) is 2.87. The van der Waals surface area contributed by atoms with Crippen molar-refractivity contribution in [2.45, 2.75) is 16.6 Å². The number of nitriles is 1. The minimum absolute atomic E-state index is 0.173. The number of sulfone groups is 1. The molecule has 6 heteroatoms. The van der Waals surface area contributed by atoms with Crippen molar-refractivity contribution < 1.29 is 13.2 Å². The summed E-state index contributed by atoms with van der Waals surface area (Å²) in [5.74, 6) is -0.238. The van der Waals surface area contributed by atoms with Gasteiger partial charge in [-0.15, -0.1) is 0 Å². The van der Waals surface area contributed by atoms with E-state index in [2.05, 4.69) is 0 Å². The van der Waals surface area contributed by atoms with E-state index in [4.69, 9.17) is 5.26 Å². The van der Waals surface area contributed by atoms with E-state index >= 15 is 0 Å². The Labute approximate surface area is 141 Å². The van der Waals surface area contributed by atoms with Gasteiger partial charge in [0.05, 0.1) is 21.8 Å². The third-order valence-electron chi connectivity index (χ3n) is 4.18. The molecule has 2 aromatic rings. The van der Waals surface area contributed by atoms with Crippen LogP contribution in [0.2, 0.25) is 0 Å². The third kappa shape index (κ3) is 3.03. The van der Waals surface area contributed by atoms with Crippen LogP contribution in [0.4, 0.5) is 0 Å². The summed E-state index contributed by atoms with van der Waals surface area (Å²) in [4.78, 5) is 14.4. The second-order valence-corrected chi connectivity index (χ2v) is 7.94. The van der Waals surface area contributed by atoms with E-state index in [0.29, 0.717) is 24.1 Å². The normalized spacial score (nSPS) is 17.5. The smallest absolute Gasteiger partial charge is 0.253 e. The van der Waals surface area contributed by atoms with E-state index in [1.54, 1.807) is 53.4 Å². The molecule has 1 aliphatic heterocycles. The summed E-state index contributed by atoms with van der Waals surface area (Å²) in [5, 5.41) is 8.34. The highest BCUT2D eigenvalue weighted by molar-refractivity contribution is 7.92. The number of hydrogen-bond donors (Lipinski definition) is 0. The highest BCUT2D eigenvalue weighted by atomic mass is 32.2. The molecule has 5 nitrogen and oxygen atoms in total. The molecular formula is C18H16N2O3S. The molecule has 1 amide bonds. The van der Waals surface area contributed by atoms with E-state index in [-0.39, 0.29) is 17.3 Å². The Bertz CT molecular complexity index is 901. The summed E-state index contributed by atoms with van der Waals surface area (Å²) in [6, 6.07) is 16.8. The highest BCUT2D eigenvalue weighted by Crippen LogP contribution is 2.25. The van der Waals surface area contributed by atoms with Gasteiger partial charge in [-0.2, -0.15) is 5.26 Å². The summed E-state index contributed by atoms with van der Waals surface area (Å²) in [5.41, 5.74) is 0.820. The Morgan fingerprint density at radius 1 is 1.12 bits per heavy atom. The summed E-state index contributed by atoms with van der Waals surface area (Å²) in [6.45, 7) is 0.569. The first kappa shape index (κ1) is 16.2. The predicted molar refractivity (Wildman–Crippen MR) is 89.1 cm³/mol. The Morgan fingerprint density at radius 3 is 2.58 bits per heavy atom. The predicted octanol–water partition coefficient (Wildman–Crippen LogP) is 2.25. The highest BCUT2D eigenvalue weighted by Gasteiger charge is 2.36. The molecule has 1 unspecified atom stereocenters. The van der Waals surface area contributed by atoms with Crippen molar-refractivity contribution in [2.75, 3.05) is 13.1 Å². The first-order valence-corrected chi connectivity index (χ1v) is 9.15. The molecule has 0 spiro atoms. The molecule has 1 fully saturated rings. The van der Waals surface area contributed by atoms with Crippen molar-refractivity contribution in [3.63, 3.8) is 0 Å². The van der Waals surface area contributed by atoms with Crippen LogP contribution < -0.4 is 0 Å².